The second-order valence-corrected chi connectivity index (χ2v) is 37.4. The summed E-state index contributed by atoms with van der Waals surface area (Å²) in [6, 6.07) is 26.2. The van der Waals surface area contributed by atoms with Gasteiger partial charge in [0.1, 0.15) is 95.5 Å². The van der Waals surface area contributed by atoms with Crippen LogP contribution in [0.2, 0.25) is 0 Å². The van der Waals surface area contributed by atoms with Gasteiger partial charge in [0.05, 0.1) is 43.4 Å². The molecule has 782 valence electrons. The molecule has 1 fully saturated rings. The molecule has 8 aromatic rings. The van der Waals surface area contributed by atoms with Crippen LogP contribution in [0.25, 0.3) is 10.9 Å². The Morgan fingerprint density at radius 3 is 1.35 bits per heavy atom. The van der Waals surface area contributed by atoms with E-state index in [9.17, 15) is 103 Å². The molecular formula is C100H119N19O26S2. The molecule has 29 N–H and O–H groups in total. The highest BCUT2D eigenvalue weighted by Crippen LogP contribution is 2.57. The van der Waals surface area contributed by atoms with Gasteiger partial charge in [0.25, 0.3) is 11.8 Å². The number of aromatic nitrogens is 1. The number of phenolic OH excluding ortho intramolecular Hbond substituents is 2. The fraction of sp³-hybridized carbons (Fsp3) is 0.360. The van der Waals surface area contributed by atoms with Gasteiger partial charge in [-0.05, 0) is 131 Å². The molecule has 4 aliphatic heterocycles. The maximum atomic E-state index is 15.4. The number of aromatic hydroxyl groups is 2. The van der Waals surface area contributed by atoms with Crippen LogP contribution < -0.4 is 102 Å². The molecule has 15 atom stereocenters. The van der Waals surface area contributed by atoms with E-state index in [0.717, 1.165) is 35.4 Å². The van der Waals surface area contributed by atoms with Crippen molar-refractivity contribution >= 4 is 139 Å². The van der Waals surface area contributed by atoms with Gasteiger partial charge in [0, 0.05) is 95.3 Å². The summed E-state index contributed by atoms with van der Waals surface area (Å²) >= 11 is 0. The zero-order valence-corrected chi connectivity index (χ0v) is 81.8. The lowest BCUT2D eigenvalue weighted by Crippen LogP contribution is -2.63. The van der Waals surface area contributed by atoms with E-state index >= 15 is 14.4 Å². The maximum absolute atomic E-state index is 15.4. The number of aliphatic carboxylic acids is 1. The quantitative estimate of drug-likeness (QED) is 0.0120. The minimum Gasteiger partial charge on any atom is -0.508 e. The average Bonchev–Trinajstić information content (AvgIpc) is 1.56. The van der Waals surface area contributed by atoms with E-state index in [1.54, 1.807) is 146 Å². The van der Waals surface area contributed by atoms with Crippen molar-refractivity contribution in [2.45, 2.75) is 188 Å². The second-order valence-electron chi connectivity index (χ2n) is 34.9. The van der Waals surface area contributed by atoms with E-state index in [0.29, 0.717) is 73.3 Å². The summed E-state index contributed by atoms with van der Waals surface area (Å²) in [7, 11) is 1.49. The number of phenols is 2. The number of carbonyl (C=O) groups is 18. The number of primary amides is 1. The topological polar surface area (TPSA) is 735 Å². The monoisotopic (exact) mass is 2070 g/mol. The molecule has 45 nitrogen and oxygen atoms in total. The molecule has 2 unspecified atom stereocenters. The van der Waals surface area contributed by atoms with Gasteiger partial charge >= 0.3 is 11.9 Å². The van der Waals surface area contributed by atoms with Crippen LogP contribution in [0.15, 0.2) is 194 Å². The molecule has 0 saturated carbocycles. The molecule has 7 aromatic carbocycles. The van der Waals surface area contributed by atoms with Crippen LogP contribution in [0.5, 0.6) is 23.0 Å². The van der Waals surface area contributed by atoms with Crippen LogP contribution in [0.3, 0.4) is 0 Å². The van der Waals surface area contributed by atoms with Crippen LogP contribution in [-0.2, 0) is 118 Å². The number of aliphatic hydroxyl groups excluding tert-OH is 3. The van der Waals surface area contributed by atoms with Crippen molar-refractivity contribution < 1.29 is 126 Å². The Kier molecular flexibility index (Phi) is 42.3. The third-order valence-corrected chi connectivity index (χ3v) is 26.0. The van der Waals surface area contributed by atoms with Crippen molar-refractivity contribution in [3.63, 3.8) is 0 Å². The Morgan fingerprint density at radius 2 is 0.884 bits per heavy atom. The van der Waals surface area contributed by atoms with Crippen molar-refractivity contribution in [1.29, 1.82) is 0 Å². The van der Waals surface area contributed by atoms with Gasteiger partial charge in [-0.15, -0.1) is 0 Å². The highest BCUT2D eigenvalue weighted by atomic mass is 33.1. The number of carbonyl (C=O) groups excluding carboxylic acids is 17. The number of para-hydroxylation sites is 1. The van der Waals surface area contributed by atoms with Gasteiger partial charge in [-0.3, -0.25) is 82.0 Å². The molecule has 12 rings (SSSR count). The van der Waals surface area contributed by atoms with Crippen molar-refractivity contribution in [3.05, 3.63) is 239 Å². The molecular weight excluding hydrogens is 1950 g/mol. The van der Waals surface area contributed by atoms with E-state index in [-0.39, 0.29) is 94.2 Å². The number of fused-ring (bicyclic) bond motifs is 7. The predicted octanol–water partition coefficient (Wildman–Crippen LogP) is -2.05. The van der Waals surface area contributed by atoms with Crippen LogP contribution in [-0.4, -0.2) is 271 Å². The van der Waals surface area contributed by atoms with Crippen molar-refractivity contribution in [3.8, 4) is 23.0 Å². The van der Waals surface area contributed by atoms with Gasteiger partial charge in [-0.1, -0.05) is 149 Å². The number of rotatable bonds is 26. The zero-order valence-electron chi connectivity index (χ0n) is 80.1. The third kappa shape index (κ3) is 32.4. The second kappa shape index (κ2) is 54.9. The number of nitrogens with two attached hydrogens (primary N) is 4. The Bertz CT molecular complexity index is 6030. The smallest absolute Gasteiger partial charge is 0.340 e. The third-order valence-electron chi connectivity index (χ3n) is 23.6. The number of aromatic amines is 1. The largest absolute Gasteiger partial charge is 0.508 e. The summed E-state index contributed by atoms with van der Waals surface area (Å²) in [6.07, 6.45) is -1.08. The summed E-state index contributed by atoms with van der Waals surface area (Å²) in [5, 5.41) is 97.8. The fourth-order valence-electron chi connectivity index (χ4n) is 16.0. The number of esters is 1. The van der Waals surface area contributed by atoms with Gasteiger partial charge in [-0.25, -0.2) is 9.59 Å². The number of H-pyrrole nitrogens is 1. The predicted molar refractivity (Wildman–Crippen MR) is 535 cm³/mol. The Morgan fingerprint density at radius 1 is 0.469 bits per heavy atom. The molecule has 47 heteroatoms. The lowest BCUT2D eigenvalue weighted by molar-refractivity contribution is -0.142. The standard InChI is InChI=1S/C76H104N18O19S2.C20H12O5.C4H3NO2/c1-41(79)64(100)82-37-61(99)83-58-39-114-115-40-59(76(112)113)92-72(108)57(38-95)91-75(111)63(43(3)97)94-71(107)54(33-46-23-11-6-12-24-46)90-74(110)62(42(2)96)93-66(102)51(28-16-18-30-78)84-69(105)55(34-47-36-81-49-26-14-13-25-48(47)49)88-68(104)53(32-45-21-9-5-10-22-45)86-67(103)52(31-44-19-7-4-8-20-44)87-70(106)56(35-60(80)98)89-65(101)50(85-73(58)109)27-15-17-29-77;21-11-5-7-15-17(9-11)24-18-10-12(22)6-8-16(18)20(15)14-4-2-1-3-13(14)19(23)25-20;6-3-1-2-4(7)5-3/h4-14,19-26,36,41-43,50-59,62-63,81,95-97H,15-18,27-35,37-40,77-79H2,1-3H3,(H2,80,98)(H,82,100)(H,83,99)(H,84,105)(H,85,109)(H,86,103)(H,87,106)(H,88,104)(H,89,101)(H,90,110)(H,91,111)(H,92,108)(H,93,102)(H,94,107)(H,112,113);1-10,21-22H;1-2H,(H,5,6,7)/t41-,42?,43?,50-,51-,52-,53-,54-,55-,56-,57-,58-,59-,62-,63-;;/m0../s1. The number of hydrogen-bond acceptors (Lipinski definition) is 30. The summed E-state index contributed by atoms with van der Waals surface area (Å²) in [4.78, 5) is 249. The minimum absolute atomic E-state index is 0.0371. The van der Waals surface area contributed by atoms with Gasteiger partial charge in [-0.2, -0.15) is 0 Å². The molecule has 1 saturated heterocycles. The Hall–Kier alpha value is -15.7. The highest BCUT2D eigenvalue weighted by molar-refractivity contribution is 8.76. The van der Waals surface area contributed by atoms with Crippen LogP contribution in [0, 0.1) is 0 Å². The molecule has 147 heavy (non-hydrogen) atoms. The van der Waals surface area contributed by atoms with E-state index in [4.69, 9.17) is 32.4 Å². The molecule has 0 radical (unpaired) electrons. The van der Waals surface area contributed by atoms with Crippen molar-refractivity contribution in [2.24, 2.45) is 22.9 Å². The lowest BCUT2D eigenvalue weighted by Gasteiger charge is -2.36. The highest BCUT2D eigenvalue weighted by Gasteiger charge is 2.54. The number of aliphatic hydroxyl groups is 3. The number of amides is 16. The van der Waals surface area contributed by atoms with Crippen LogP contribution >= 0.6 is 21.6 Å². The number of ether oxygens (including phenoxy) is 2. The molecule has 5 heterocycles. The molecule has 0 aliphatic carbocycles. The molecule has 0 bridgehead atoms. The number of benzene rings is 7. The first-order valence-corrected chi connectivity index (χ1v) is 49.4. The number of imide groups is 1. The summed E-state index contributed by atoms with van der Waals surface area (Å²) in [5.74, 6) is -18.0. The Labute approximate surface area is 850 Å². The summed E-state index contributed by atoms with van der Waals surface area (Å²) in [5.41, 5.74) is 26.9. The zero-order chi connectivity index (χ0) is 107. The Balaban J connectivity index is 0.000000573. The first-order chi connectivity index (χ1) is 70.3. The summed E-state index contributed by atoms with van der Waals surface area (Å²) in [6.45, 7) is 1.88. The number of hydrogen-bond donors (Lipinski definition) is 25. The van der Waals surface area contributed by atoms with Gasteiger partial charge < -0.3 is 137 Å². The first kappa shape index (κ1) is 113. The lowest BCUT2D eigenvalue weighted by atomic mass is 9.77. The number of nitrogens with one attached hydrogen (secondary N) is 15. The van der Waals surface area contributed by atoms with E-state index in [1.165, 1.54) is 43.3 Å². The molecule has 4 aliphatic rings. The SMILES string of the molecule is CC(O)[C@@H]1NC(=O)[C@H](Cc2ccccc2)NC(=O)[C@H](C(C)O)NC(=O)[C@H](CCCCN)NC(=O)[C@H](Cc2c[nH]c3ccccc23)NC(=O)[C@H](Cc2ccccc2)NC(=O)[C@H](Cc2ccccc2)NC(=O)[C@H](CC(N)=O)NC(=O)[C@H](CCCCN)NC(=O)[C@@H](NC(=O)CNC(=O)[C@H](C)N)CSSC[C@@H](C(=O)O)NC(=O)[C@H](CO)NC1=O.O=C1C=CC(=O)N1.O=C1OC2(c3ccc(O)cc3Oc3cc(O)ccc32)c2ccccc21. The van der Waals surface area contributed by atoms with Gasteiger partial charge in [0.15, 0.2) is 5.60 Å². The number of unbranched alkanes of at least 4 members (excludes halogenated alkanes) is 2. The summed E-state index contributed by atoms with van der Waals surface area (Å²) < 4.78 is 11.8. The van der Waals surface area contributed by atoms with Crippen LogP contribution in [0.4, 0.5) is 0 Å². The van der Waals surface area contributed by atoms with Crippen LogP contribution in [0.1, 0.15) is 115 Å². The van der Waals surface area contributed by atoms with E-state index in [2.05, 4.69) is 74.1 Å². The molecule has 16 amide bonds. The number of carboxylic acids is 1. The van der Waals surface area contributed by atoms with E-state index in [1.807, 2.05) is 17.4 Å². The number of carboxylic acid groups (broad SMARTS) is 1. The molecule has 1 spiro atoms. The van der Waals surface area contributed by atoms with Crippen molar-refractivity contribution in [2.75, 3.05) is 37.7 Å². The maximum Gasteiger partial charge on any atom is 0.340 e. The average molecular weight is 2070 g/mol. The van der Waals surface area contributed by atoms with Crippen molar-refractivity contribution in [1.82, 2.24) is 79.4 Å². The minimum atomic E-state index is -1.99. The first-order valence-electron chi connectivity index (χ1n) is 47.0. The molecule has 1 aromatic heterocycles. The normalized spacial score (nSPS) is 22.1. The van der Waals surface area contributed by atoms with Gasteiger partial charge in [0.2, 0.25) is 82.7 Å². The fourth-order valence-corrected chi connectivity index (χ4v) is 18.3. The van der Waals surface area contributed by atoms with E-state index < -0.39 is 222 Å².